The maximum absolute atomic E-state index is 11.4. The molecule has 2 heterocycles. The van der Waals surface area contributed by atoms with Gasteiger partial charge in [0, 0.05) is 35.9 Å². The highest BCUT2D eigenvalue weighted by Gasteiger charge is 2.37. The fourth-order valence-corrected chi connectivity index (χ4v) is 2.81. The van der Waals surface area contributed by atoms with E-state index in [-0.39, 0.29) is 22.3 Å². The van der Waals surface area contributed by atoms with Gasteiger partial charge < -0.3 is 20.4 Å². The van der Waals surface area contributed by atoms with Crippen molar-refractivity contribution in [2.45, 2.75) is 11.2 Å². The van der Waals surface area contributed by atoms with Gasteiger partial charge in [-0.2, -0.15) is 8.42 Å². The second-order valence-electron chi connectivity index (χ2n) is 6.50. The Morgan fingerprint density at radius 1 is 0.806 bits per heavy atom. The summed E-state index contributed by atoms with van der Waals surface area (Å²) in [5.41, 5.74) is -3.82. The minimum absolute atomic E-state index is 0.0720. The lowest BCUT2D eigenvalue weighted by Crippen LogP contribution is -2.32. The van der Waals surface area contributed by atoms with E-state index in [2.05, 4.69) is 9.97 Å². The molecule has 1 aliphatic rings. The fourth-order valence-electron chi connectivity index (χ4n) is 2.81. The van der Waals surface area contributed by atoms with Gasteiger partial charge in [-0.15, -0.1) is 0 Å². The third kappa shape index (κ3) is 5.79. The first-order chi connectivity index (χ1) is 14.3. The van der Waals surface area contributed by atoms with Crippen LogP contribution in [-0.2, 0) is 21.3 Å². The Kier molecular flexibility index (Phi) is 6.71. The number of carboxylic acids is 2. The van der Waals surface area contributed by atoms with Gasteiger partial charge in [-0.3, -0.25) is 14.5 Å². The maximum atomic E-state index is 11.4. The topological polar surface area (TPSA) is 195 Å². The minimum Gasteiger partial charge on any atom is -0.478 e. The second-order valence-corrected chi connectivity index (χ2v) is 7.97. The van der Waals surface area contributed by atoms with Gasteiger partial charge in [0.1, 0.15) is 11.2 Å². The highest BCUT2D eigenvalue weighted by Crippen LogP contribution is 2.37. The second kappa shape index (κ2) is 8.73. The van der Waals surface area contributed by atoms with E-state index >= 15 is 0 Å². The number of pyridine rings is 2. The Balaban J connectivity index is 0.000000614. The Labute approximate surface area is 176 Å². The third-order valence-corrected chi connectivity index (χ3v) is 4.15. The summed E-state index contributed by atoms with van der Waals surface area (Å²) >= 11 is 0. The number of hydrogen-bond acceptors (Lipinski definition) is 8. The lowest BCUT2D eigenvalue weighted by atomic mass is 9.80. The van der Waals surface area contributed by atoms with Crippen molar-refractivity contribution in [2.75, 3.05) is 6.26 Å². The largest absolute Gasteiger partial charge is 0.478 e. The maximum Gasteiger partial charge on any atom is 0.337 e. The van der Waals surface area contributed by atoms with E-state index in [4.69, 9.17) is 4.55 Å². The molecule has 2 aromatic rings. The van der Waals surface area contributed by atoms with Crippen molar-refractivity contribution in [1.82, 2.24) is 9.97 Å². The molecule has 2 aromatic heterocycles. The summed E-state index contributed by atoms with van der Waals surface area (Å²) in [7, 11) is -3.67. The summed E-state index contributed by atoms with van der Waals surface area (Å²) in [6.07, 6.45) is 10.5. The van der Waals surface area contributed by atoms with Gasteiger partial charge in [0.05, 0.1) is 17.4 Å². The van der Waals surface area contributed by atoms with Gasteiger partial charge in [-0.1, -0.05) is 0 Å². The first kappa shape index (κ1) is 23.8. The Hall–Kier alpha value is -3.45. The first-order valence-corrected chi connectivity index (χ1v) is 10.3. The Bertz CT molecular complexity index is 1070. The van der Waals surface area contributed by atoms with Crippen molar-refractivity contribution >= 4 is 22.1 Å². The summed E-state index contributed by atoms with van der Waals surface area (Å²) in [4.78, 5) is 30.2. The summed E-state index contributed by atoms with van der Waals surface area (Å²) in [5, 5.41) is 40.2. The van der Waals surface area contributed by atoms with Gasteiger partial charge in [-0.05, 0) is 36.4 Å². The van der Waals surface area contributed by atoms with Crippen LogP contribution < -0.4 is 0 Å². The summed E-state index contributed by atoms with van der Waals surface area (Å²) in [5.74, 6) is -2.52. The zero-order chi connectivity index (χ0) is 23.4. The van der Waals surface area contributed by atoms with Crippen LogP contribution in [0.15, 0.2) is 61.2 Å². The van der Waals surface area contributed by atoms with Crippen molar-refractivity contribution in [1.29, 1.82) is 0 Å². The van der Waals surface area contributed by atoms with E-state index in [9.17, 15) is 38.4 Å². The zero-order valence-electron chi connectivity index (χ0n) is 15.9. The van der Waals surface area contributed by atoms with Crippen LogP contribution in [-0.4, -0.2) is 61.6 Å². The quantitative estimate of drug-likeness (QED) is 0.323. The van der Waals surface area contributed by atoms with E-state index in [1.807, 2.05) is 0 Å². The van der Waals surface area contributed by atoms with Gasteiger partial charge >= 0.3 is 11.9 Å². The predicted molar refractivity (Wildman–Crippen MR) is 106 cm³/mol. The molecule has 0 atom stereocenters. The van der Waals surface area contributed by atoms with Crippen molar-refractivity contribution in [3.05, 3.63) is 83.5 Å². The molecule has 164 valence electrons. The van der Waals surface area contributed by atoms with Crippen molar-refractivity contribution in [3.8, 4) is 0 Å². The van der Waals surface area contributed by atoms with E-state index in [0.717, 1.165) is 12.4 Å². The molecule has 5 N–H and O–H groups in total. The number of carboxylic acid groups (broad SMARTS) is 2. The Morgan fingerprint density at radius 2 is 1.10 bits per heavy atom. The molecule has 11 nitrogen and oxygen atoms in total. The number of nitrogens with zero attached hydrogens (tertiary/aromatic N) is 2. The van der Waals surface area contributed by atoms with E-state index in [1.54, 1.807) is 0 Å². The monoisotopic (exact) mass is 450 g/mol. The molecule has 0 radical (unpaired) electrons. The predicted octanol–water partition coefficient (Wildman–Crippen LogP) is 0.578. The van der Waals surface area contributed by atoms with Crippen LogP contribution in [0.1, 0.15) is 31.8 Å². The number of carbonyl (C=O) groups is 2. The molecule has 0 unspecified atom stereocenters. The lowest BCUT2D eigenvalue weighted by molar-refractivity contribution is 0.0663. The lowest BCUT2D eigenvalue weighted by Gasteiger charge is -2.32. The molecule has 31 heavy (non-hydrogen) atoms. The third-order valence-electron chi connectivity index (χ3n) is 4.15. The van der Waals surface area contributed by atoms with Crippen molar-refractivity contribution in [3.63, 3.8) is 0 Å². The normalized spacial score (nSPS) is 22.3. The highest BCUT2D eigenvalue weighted by atomic mass is 32.2. The van der Waals surface area contributed by atoms with Gasteiger partial charge in [-0.25, -0.2) is 9.59 Å². The minimum atomic E-state index is -3.67. The first-order valence-electron chi connectivity index (χ1n) is 8.40. The summed E-state index contributed by atoms with van der Waals surface area (Å²) in [6, 6.07) is 2.72. The zero-order valence-corrected chi connectivity index (χ0v) is 16.8. The molecule has 0 aliphatic heterocycles. The number of rotatable bonds is 4. The van der Waals surface area contributed by atoms with Crippen LogP contribution in [0.5, 0.6) is 0 Å². The fraction of sp³-hybridized carbons (Fsp3) is 0.158. The smallest absolute Gasteiger partial charge is 0.337 e. The number of aliphatic hydroxyl groups is 2. The highest BCUT2D eigenvalue weighted by molar-refractivity contribution is 7.85. The van der Waals surface area contributed by atoms with Gasteiger partial charge in [0.15, 0.2) is 0 Å². The van der Waals surface area contributed by atoms with Crippen LogP contribution in [0.3, 0.4) is 0 Å². The average molecular weight is 450 g/mol. The molecule has 0 bridgehead atoms. The standard InChI is InChI=1S/C18H14N2O6.CH4O3S/c21-15(22)11-9-19-7-1-13(11)17(25)3-5-18(26,6-4-17)14-2-8-20-10-12(14)16(23)24;1-5(2,3)4/h1-10,25-26H,(H,21,22)(H,23,24);1H3,(H,2,3,4). The van der Waals surface area contributed by atoms with Crippen molar-refractivity contribution in [2.24, 2.45) is 0 Å². The molecule has 0 amide bonds. The molecule has 0 aromatic carbocycles. The van der Waals surface area contributed by atoms with Gasteiger partial charge in [0.25, 0.3) is 10.1 Å². The van der Waals surface area contributed by atoms with Crippen molar-refractivity contribution < 1.29 is 43.0 Å². The molecule has 0 saturated carbocycles. The molecule has 12 heteroatoms. The van der Waals surface area contributed by atoms with Crippen LogP contribution in [0.2, 0.25) is 0 Å². The molecular weight excluding hydrogens is 432 g/mol. The van der Waals surface area contributed by atoms with E-state index < -0.39 is 33.3 Å². The van der Waals surface area contributed by atoms with Crippen LogP contribution in [0, 0.1) is 0 Å². The van der Waals surface area contributed by atoms with Gasteiger partial charge in [0.2, 0.25) is 0 Å². The van der Waals surface area contributed by atoms with Crippen LogP contribution in [0.4, 0.5) is 0 Å². The summed E-state index contributed by atoms with van der Waals surface area (Å²) < 4.78 is 25.9. The van der Waals surface area contributed by atoms with Crippen LogP contribution in [0.25, 0.3) is 0 Å². The molecule has 0 saturated heterocycles. The van der Waals surface area contributed by atoms with E-state index in [1.165, 1.54) is 48.8 Å². The van der Waals surface area contributed by atoms with E-state index in [0.29, 0.717) is 6.26 Å². The summed E-state index contributed by atoms with van der Waals surface area (Å²) in [6.45, 7) is 0. The average Bonchev–Trinajstić information content (AvgIpc) is 2.69. The number of aromatic carboxylic acids is 2. The SMILES string of the molecule is CS(=O)(=O)O.O=C(O)c1cnccc1C1(O)C=CC(O)(c2ccncc2C(=O)O)C=C1. The Morgan fingerprint density at radius 3 is 1.35 bits per heavy atom. The molecular formula is C19H18N2O9S. The molecule has 0 spiro atoms. The molecule has 3 rings (SSSR count). The number of hydrogen-bond donors (Lipinski definition) is 5. The van der Waals surface area contributed by atoms with Crippen LogP contribution >= 0.6 is 0 Å². The number of aromatic nitrogens is 2. The molecule has 1 aliphatic carbocycles. The molecule has 0 fully saturated rings.